The highest BCUT2D eigenvalue weighted by Crippen LogP contribution is 2.40. The van der Waals surface area contributed by atoms with Crippen molar-refractivity contribution in [1.29, 1.82) is 0 Å². The van der Waals surface area contributed by atoms with Crippen LogP contribution in [0.4, 0.5) is 17.6 Å². The molecular formula is C28H34F4O. The summed E-state index contributed by atoms with van der Waals surface area (Å²) in [6, 6.07) is 6.64. The number of benzene rings is 2. The summed E-state index contributed by atoms with van der Waals surface area (Å²) in [4.78, 5) is 0. The van der Waals surface area contributed by atoms with E-state index in [-0.39, 0.29) is 23.5 Å². The van der Waals surface area contributed by atoms with Crippen molar-refractivity contribution in [3.8, 4) is 5.75 Å². The summed E-state index contributed by atoms with van der Waals surface area (Å²) < 4.78 is 63.8. The maximum atomic E-state index is 14.8. The van der Waals surface area contributed by atoms with Crippen LogP contribution >= 0.6 is 0 Å². The Bertz CT molecular complexity index is 957. The fourth-order valence-electron chi connectivity index (χ4n) is 5.59. The molecule has 0 saturated heterocycles. The molecule has 180 valence electrons. The molecule has 0 aliphatic heterocycles. The van der Waals surface area contributed by atoms with E-state index in [1.54, 1.807) is 31.2 Å². The zero-order chi connectivity index (χ0) is 23.5. The van der Waals surface area contributed by atoms with Gasteiger partial charge in [-0.25, -0.2) is 13.2 Å². The first-order valence-electron chi connectivity index (χ1n) is 12.5. The predicted octanol–water partition coefficient (Wildman–Crippen LogP) is 8.45. The van der Waals surface area contributed by atoms with Crippen molar-refractivity contribution in [3.05, 3.63) is 64.2 Å². The highest BCUT2D eigenvalue weighted by molar-refractivity contribution is 5.33. The molecule has 0 N–H and O–H groups in total. The Morgan fingerprint density at radius 1 is 0.697 bits per heavy atom. The molecule has 2 aromatic rings. The Labute approximate surface area is 194 Å². The van der Waals surface area contributed by atoms with E-state index in [9.17, 15) is 17.6 Å². The van der Waals surface area contributed by atoms with E-state index in [1.165, 1.54) is 0 Å². The minimum atomic E-state index is -0.895. The minimum absolute atomic E-state index is 0.0201. The third-order valence-corrected chi connectivity index (χ3v) is 7.87. The van der Waals surface area contributed by atoms with Gasteiger partial charge in [0.15, 0.2) is 23.2 Å². The number of halogens is 4. The van der Waals surface area contributed by atoms with Gasteiger partial charge in [-0.1, -0.05) is 44.9 Å². The highest BCUT2D eigenvalue weighted by Gasteiger charge is 2.28. The normalized spacial score (nSPS) is 25.8. The Hall–Kier alpha value is -2.04. The Balaban J connectivity index is 1.33. The van der Waals surface area contributed by atoms with Gasteiger partial charge in [0.25, 0.3) is 0 Å². The van der Waals surface area contributed by atoms with Gasteiger partial charge in [0.1, 0.15) is 0 Å². The van der Waals surface area contributed by atoms with Crippen molar-refractivity contribution >= 4 is 0 Å². The average molecular weight is 463 g/mol. The van der Waals surface area contributed by atoms with Crippen molar-refractivity contribution in [2.45, 2.75) is 83.5 Å². The monoisotopic (exact) mass is 462 g/mol. The van der Waals surface area contributed by atoms with Gasteiger partial charge in [0.2, 0.25) is 5.82 Å². The van der Waals surface area contributed by atoms with Gasteiger partial charge in [-0.15, -0.1) is 0 Å². The third kappa shape index (κ3) is 5.22. The van der Waals surface area contributed by atoms with E-state index in [4.69, 9.17) is 4.74 Å². The molecule has 0 amide bonds. The number of ether oxygens (including phenoxy) is 1. The predicted molar refractivity (Wildman–Crippen MR) is 123 cm³/mol. The van der Waals surface area contributed by atoms with Gasteiger partial charge in [-0.05, 0) is 91.4 Å². The molecule has 0 atom stereocenters. The van der Waals surface area contributed by atoms with Gasteiger partial charge in [-0.3, -0.25) is 0 Å². The second-order valence-electron chi connectivity index (χ2n) is 10.1. The minimum Gasteiger partial charge on any atom is -0.490 e. The van der Waals surface area contributed by atoms with Gasteiger partial charge >= 0.3 is 0 Å². The summed E-state index contributed by atoms with van der Waals surface area (Å²) in [7, 11) is 0. The second kappa shape index (κ2) is 10.5. The lowest BCUT2D eigenvalue weighted by molar-refractivity contribution is 0.191. The quantitative estimate of drug-likeness (QED) is 0.391. The first-order valence-corrected chi connectivity index (χ1v) is 12.5. The number of hydrogen-bond donors (Lipinski definition) is 0. The first-order chi connectivity index (χ1) is 15.9. The van der Waals surface area contributed by atoms with Gasteiger partial charge in [0.05, 0.1) is 6.61 Å². The second-order valence-corrected chi connectivity index (χ2v) is 10.1. The van der Waals surface area contributed by atoms with Crippen LogP contribution in [0.3, 0.4) is 0 Å². The van der Waals surface area contributed by atoms with Gasteiger partial charge < -0.3 is 4.74 Å². The SMILES string of the molecule is CCc1ccc(C2CCC(COc3ccc(C4CCC(C)CC4)c(F)c3F)CC2)c(F)c1F. The summed E-state index contributed by atoms with van der Waals surface area (Å²) in [5.41, 5.74) is 1.32. The van der Waals surface area contributed by atoms with E-state index in [0.29, 0.717) is 35.6 Å². The molecule has 4 rings (SSSR count). The Morgan fingerprint density at radius 2 is 1.24 bits per heavy atom. The summed E-state index contributed by atoms with van der Waals surface area (Å²) in [6.07, 6.45) is 7.37. The Kier molecular flexibility index (Phi) is 7.65. The van der Waals surface area contributed by atoms with Crippen LogP contribution in [0, 0.1) is 35.1 Å². The summed E-state index contributed by atoms with van der Waals surface area (Å²) >= 11 is 0. The van der Waals surface area contributed by atoms with Crippen LogP contribution in [0.2, 0.25) is 0 Å². The number of aryl methyl sites for hydroxylation is 1. The standard InChI is InChI=1S/C28H34F4O/c1-3-19-12-13-22(26(30)25(19)29)21-10-6-18(7-11-21)16-33-24-15-14-23(27(31)28(24)32)20-8-4-17(2)5-9-20/h12-15,17-18,20-21H,3-11,16H2,1-2H3. The molecule has 0 aromatic heterocycles. The zero-order valence-electron chi connectivity index (χ0n) is 19.6. The zero-order valence-corrected chi connectivity index (χ0v) is 19.6. The molecule has 1 nitrogen and oxygen atoms in total. The largest absolute Gasteiger partial charge is 0.490 e. The third-order valence-electron chi connectivity index (χ3n) is 7.87. The van der Waals surface area contributed by atoms with Crippen LogP contribution in [-0.4, -0.2) is 6.61 Å². The maximum absolute atomic E-state index is 14.8. The van der Waals surface area contributed by atoms with Crippen LogP contribution in [0.1, 0.15) is 93.7 Å². The van der Waals surface area contributed by atoms with Crippen LogP contribution in [0.15, 0.2) is 24.3 Å². The van der Waals surface area contributed by atoms with E-state index in [1.807, 2.05) is 0 Å². The smallest absolute Gasteiger partial charge is 0.200 e. The topological polar surface area (TPSA) is 9.23 Å². The molecule has 2 aromatic carbocycles. The number of rotatable bonds is 6. The molecule has 2 aliphatic carbocycles. The van der Waals surface area contributed by atoms with Crippen molar-refractivity contribution < 1.29 is 22.3 Å². The van der Waals surface area contributed by atoms with Crippen LogP contribution < -0.4 is 4.74 Å². The Morgan fingerprint density at radius 3 is 1.85 bits per heavy atom. The lowest BCUT2D eigenvalue weighted by Gasteiger charge is -2.29. The summed E-state index contributed by atoms with van der Waals surface area (Å²) in [5.74, 6) is -2.26. The van der Waals surface area contributed by atoms with Crippen LogP contribution in [-0.2, 0) is 6.42 Å². The van der Waals surface area contributed by atoms with Gasteiger partial charge in [0, 0.05) is 0 Å². The van der Waals surface area contributed by atoms with E-state index in [2.05, 4.69) is 6.92 Å². The van der Waals surface area contributed by atoms with Crippen molar-refractivity contribution in [1.82, 2.24) is 0 Å². The molecule has 2 fully saturated rings. The summed E-state index contributed by atoms with van der Waals surface area (Å²) in [6.45, 7) is 4.31. The van der Waals surface area contributed by atoms with E-state index < -0.39 is 23.3 Å². The molecule has 0 spiro atoms. The molecule has 0 heterocycles. The fraction of sp³-hybridized carbons (Fsp3) is 0.571. The number of hydrogen-bond acceptors (Lipinski definition) is 1. The maximum Gasteiger partial charge on any atom is 0.200 e. The van der Waals surface area contributed by atoms with E-state index in [0.717, 1.165) is 51.4 Å². The molecule has 0 bridgehead atoms. The summed E-state index contributed by atoms with van der Waals surface area (Å²) in [5, 5.41) is 0. The van der Waals surface area contributed by atoms with Crippen molar-refractivity contribution in [3.63, 3.8) is 0 Å². The van der Waals surface area contributed by atoms with Crippen LogP contribution in [0.25, 0.3) is 0 Å². The van der Waals surface area contributed by atoms with Crippen molar-refractivity contribution in [2.75, 3.05) is 6.61 Å². The molecule has 0 unspecified atom stereocenters. The molecular weight excluding hydrogens is 428 g/mol. The molecule has 0 radical (unpaired) electrons. The lowest BCUT2D eigenvalue weighted by atomic mass is 9.78. The highest BCUT2D eigenvalue weighted by atomic mass is 19.2. The molecule has 5 heteroatoms. The molecule has 2 saturated carbocycles. The average Bonchev–Trinajstić information content (AvgIpc) is 2.83. The van der Waals surface area contributed by atoms with Gasteiger partial charge in [-0.2, -0.15) is 4.39 Å². The fourth-order valence-corrected chi connectivity index (χ4v) is 5.59. The van der Waals surface area contributed by atoms with Crippen molar-refractivity contribution in [2.24, 2.45) is 11.8 Å². The first kappa shape index (κ1) is 24.1. The molecule has 2 aliphatic rings. The molecule has 33 heavy (non-hydrogen) atoms. The van der Waals surface area contributed by atoms with E-state index >= 15 is 0 Å². The lowest BCUT2D eigenvalue weighted by Crippen LogP contribution is -2.20. The van der Waals surface area contributed by atoms with Crippen LogP contribution in [0.5, 0.6) is 5.75 Å².